The first kappa shape index (κ1) is 21.7. The molecule has 5 nitrogen and oxygen atoms in total. The summed E-state index contributed by atoms with van der Waals surface area (Å²) in [6, 6.07) is 18.4. The zero-order valence-electron chi connectivity index (χ0n) is 17.3. The lowest BCUT2D eigenvalue weighted by Crippen LogP contribution is -2.40. The summed E-state index contributed by atoms with van der Waals surface area (Å²) in [5, 5.41) is 0.0750. The van der Waals surface area contributed by atoms with Gasteiger partial charge in [-0.05, 0) is 29.7 Å². The molecular weight excluding hydrogens is 384 g/mol. The van der Waals surface area contributed by atoms with E-state index in [2.05, 4.69) is 29.2 Å². The Bertz CT molecular complexity index is 754. The minimum absolute atomic E-state index is 0.0750. The number of rotatable bonds is 10. The van der Waals surface area contributed by atoms with Crippen LogP contribution in [0.15, 0.2) is 54.6 Å². The lowest BCUT2D eigenvalue weighted by Gasteiger charge is -2.28. The number of methoxy groups -OCH3 is 2. The maximum absolute atomic E-state index is 13.2. The smallest absolute Gasteiger partial charge is 0.237 e. The van der Waals surface area contributed by atoms with Crippen LogP contribution in [0.3, 0.4) is 0 Å². The van der Waals surface area contributed by atoms with E-state index in [-0.39, 0.29) is 11.3 Å². The van der Waals surface area contributed by atoms with Crippen molar-refractivity contribution in [3.05, 3.63) is 65.7 Å². The predicted molar refractivity (Wildman–Crippen MR) is 118 cm³/mol. The third kappa shape index (κ3) is 6.23. The normalized spacial score (nSPS) is 16.4. The molecule has 0 radical (unpaired) electrons. The van der Waals surface area contributed by atoms with E-state index in [0.29, 0.717) is 13.2 Å². The average molecular weight is 415 g/mol. The number of hydrogen-bond acceptors (Lipinski definition) is 5. The number of ether oxygens (including phenoxy) is 2. The summed E-state index contributed by atoms with van der Waals surface area (Å²) in [6.07, 6.45) is 0.910. The third-order valence-electron chi connectivity index (χ3n) is 5.04. The van der Waals surface area contributed by atoms with Gasteiger partial charge < -0.3 is 14.4 Å². The second kappa shape index (κ2) is 11.2. The molecule has 29 heavy (non-hydrogen) atoms. The number of hydrogen-bond donors (Lipinski definition) is 0. The SMILES string of the molecule is COCCCN(CC(=O)N1CCS[C@H]1c1ccc(OC)cc1)Cc1ccccc1. The van der Waals surface area contributed by atoms with Crippen LogP contribution in [0.2, 0.25) is 0 Å². The molecule has 1 atom stereocenters. The molecule has 1 heterocycles. The molecular formula is C23H30N2O3S. The van der Waals surface area contributed by atoms with Crippen molar-refractivity contribution in [3.63, 3.8) is 0 Å². The lowest BCUT2D eigenvalue weighted by molar-refractivity contribution is -0.132. The largest absolute Gasteiger partial charge is 0.497 e. The monoisotopic (exact) mass is 414 g/mol. The summed E-state index contributed by atoms with van der Waals surface area (Å²) in [4.78, 5) is 17.4. The highest BCUT2D eigenvalue weighted by Gasteiger charge is 2.31. The first-order chi connectivity index (χ1) is 14.2. The molecule has 1 amide bonds. The first-order valence-electron chi connectivity index (χ1n) is 10.0. The topological polar surface area (TPSA) is 42.0 Å². The fourth-order valence-corrected chi connectivity index (χ4v) is 4.82. The molecule has 0 aromatic heterocycles. The summed E-state index contributed by atoms with van der Waals surface area (Å²) in [5.41, 5.74) is 2.37. The molecule has 0 saturated carbocycles. The van der Waals surface area contributed by atoms with Gasteiger partial charge in [0.15, 0.2) is 0 Å². The second-order valence-corrected chi connectivity index (χ2v) is 8.31. The van der Waals surface area contributed by atoms with Gasteiger partial charge in [0.2, 0.25) is 5.91 Å². The van der Waals surface area contributed by atoms with Crippen LogP contribution in [-0.2, 0) is 16.1 Å². The van der Waals surface area contributed by atoms with E-state index in [9.17, 15) is 4.79 Å². The highest BCUT2D eigenvalue weighted by molar-refractivity contribution is 7.99. The Morgan fingerprint density at radius 2 is 1.90 bits per heavy atom. The Hall–Kier alpha value is -2.02. The van der Waals surface area contributed by atoms with E-state index in [4.69, 9.17) is 9.47 Å². The van der Waals surface area contributed by atoms with Gasteiger partial charge in [-0.3, -0.25) is 9.69 Å². The Morgan fingerprint density at radius 3 is 2.59 bits per heavy atom. The zero-order valence-corrected chi connectivity index (χ0v) is 18.1. The van der Waals surface area contributed by atoms with Crippen LogP contribution >= 0.6 is 11.8 Å². The Balaban J connectivity index is 1.66. The molecule has 6 heteroatoms. The molecule has 0 spiro atoms. The Labute approximate surface area is 178 Å². The minimum Gasteiger partial charge on any atom is -0.497 e. The fraction of sp³-hybridized carbons (Fsp3) is 0.435. The van der Waals surface area contributed by atoms with Crippen LogP contribution in [0.4, 0.5) is 0 Å². The zero-order chi connectivity index (χ0) is 20.5. The predicted octanol–water partition coefficient (Wildman–Crippen LogP) is 3.81. The van der Waals surface area contributed by atoms with Gasteiger partial charge in [-0.1, -0.05) is 42.5 Å². The highest BCUT2D eigenvalue weighted by atomic mass is 32.2. The standard InChI is InChI=1S/C23H30N2O3S/c1-27-15-6-13-24(17-19-7-4-3-5-8-19)18-22(26)25-14-16-29-23(25)20-9-11-21(28-2)12-10-20/h3-5,7-12,23H,6,13-18H2,1-2H3/t23-/m0/s1. The van der Waals surface area contributed by atoms with Gasteiger partial charge in [-0.2, -0.15) is 0 Å². The molecule has 0 N–H and O–H groups in total. The van der Waals surface area contributed by atoms with E-state index in [0.717, 1.165) is 43.1 Å². The van der Waals surface area contributed by atoms with Crippen LogP contribution < -0.4 is 4.74 Å². The molecule has 156 valence electrons. The molecule has 3 rings (SSSR count). The van der Waals surface area contributed by atoms with Crippen LogP contribution in [-0.4, -0.2) is 61.9 Å². The first-order valence-corrected chi connectivity index (χ1v) is 11.1. The van der Waals surface area contributed by atoms with E-state index in [1.807, 2.05) is 47.0 Å². The van der Waals surface area contributed by atoms with E-state index in [1.165, 1.54) is 5.56 Å². The summed E-state index contributed by atoms with van der Waals surface area (Å²) in [5.74, 6) is 1.98. The minimum atomic E-state index is 0.0750. The van der Waals surface area contributed by atoms with Crippen molar-refractivity contribution in [1.29, 1.82) is 0 Å². The van der Waals surface area contributed by atoms with E-state index >= 15 is 0 Å². The number of nitrogens with zero attached hydrogens (tertiary/aromatic N) is 2. The maximum atomic E-state index is 13.2. The Kier molecular flexibility index (Phi) is 8.40. The van der Waals surface area contributed by atoms with Crippen molar-refractivity contribution in [2.45, 2.75) is 18.3 Å². The summed E-state index contributed by atoms with van der Waals surface area (Å²) >= 11 is 1.82. The van der Waals surface area contributed by atoms with Crippen molar-refractivity contribution in [2.24, 2.45) is 0 Å². The molecule has 1 saturated heterocycles. The molecule has 1 aliphatic rings. The van der Waals surface area contributed by atoms with E-state index in [1.54, 1.807) is 14.2 Å². The molecule has 2 aromatic rings. The Morgan fingerprint density at radius 1 is 1.14 bits per heavy atom. The maximum Gasteiger partial charge on any atom is 0.237 e. The molecule has 0 unspecified atom stereocenters. The van der Waals surface area contributed by atoms with E-state index < -0.39 is 0 Å². The van der Waals surface area contributed by atoms with Crippen LogP contribution in [0.25, 0.3) is 0 Å². The third-order valence-corrected chi connectivity index (χ3v) is 6.30. The summed E-state index contributed by atoms with van der Waals surface area (Å²) in [7, 11) is 3.38. The van der Waals surface area contributed by atoms with Gasteiger partial charge in [0.25, 0.3) is 0 Å². The van der Waals surface area contributed by atoms with Crippen molar-refractivity contribution in [3.8, 4) is 5.75 Å². The molecule has 0 bridgehead atoms. The van der Waals surface area contributed by atoms with Crippen LogP contribution in [0, 0.1) is 0 Å². The van der Waals surface area contributed by atoms with Gasteiger partial charge in [0.05, 0.1) is 13.7 Å². The molecule has 0 aliphatic carbocycles. The molecule has 2 aromatic carbocycles. The number of benzene rings is 2. The average Bonchev–Trinajstić information content (AvgIpc) is 3.25. The van der Waals surface area contributed by atoms with Crippen molar-refractivity contribution >= 4 is 17.7 Å². The van der Waals surface area contributed by atoms with Crippen molar-refractivity contribution < 1.29 is 14.3 Å². The van der Waals surface area contributed by atoms with Gasteiger partial charge in [-0.25, -0.2) is 0 Å². The summed E-state index contributed by atoms with van der Waals surface area (Å²) in [6.45, 7) is 3.52. The number of amides is 1. The van der Waals surface area contributed by atoms with Gasteiger partial charge in [0.1, 0.15) is 11.1 Å². The fourth-order valence-electron chi connectivity index (χ4n) is 3.54. The number of carbonyl (C=O) groups is 1. The van der Waals surface area contributed by atoms with Gasteiger partial charge in [0, 0.05) is 39.1 Å². The van der Waals surface area contributed by atoms with Crippen LogP contribution in [0.1, 0.15) is 22.9 Å². The van der Waals surface area contributed by atoms with Gasteiger partial charge >= 0.3 is 0 Å². The number of thioether (sulfide) groups is 1. The highest BCUT2D eigenvalue weighted by Crippen LogP contribution is 2.38. The van der Waals surface area contributed by atoms with Crippen molar-refractivity contribution in [1.82, 2.24) is 9.80 Å². The quantitative estimate of drug-likeness (QED) is 0.553. The van der Waals surface area contributed by atoms with Crippen LogP contribution in [0.5, 0.6) is 5.75 Å². The molecule has 1 fully saturated rings. The van der Waals surface area contributed by atoms with Gasteiger partial charge in [-0.15, -0.1) is 11.8 Å². The summed E-state index contributed by atoms with van der Waals surface area (Å²) < 4.78 is 10.5. The lowest BCUT2D eigenvalue weighted by atomic mass is 10.2. The molecule has 1 aliphatic heterocycles. The second-order valence-electron chi connectivity index (χ2n) is 7.13. The number of carbonyl (C=O) groups excluding carboxylic acids is 1. The van der Waals surface area contributed by atoms with Crippen molar-refractivity contribution in [2.75, 3.05) is 46.2 Å².